The van der Waals surface area contributed by atoms with Crippen molar-refractivity contribution in [3.8, 4) is 22.3 Å². The number of hydrogen-bond donors (Lipinski definition) is 0. The molecular weight excluding hydrogens is 502 g/mol. The van der Waals surface area contributed by atoms with Crippen molar-refractivity contribution in [3.63, 3.8) is 0 Å². The van der Waals surface area contributed by atoms with Crippen molar-refractivity contribution in [1.82, 2.24) is 0 Å². The van der Waals surface area contributed by atoms with E-state index in [4.69, 9.17) is 0 Å². The van der Waals surface area contributed by atoms with Crippen LogP contribution in [0.1, 0.15) is 0 Å². The van der Waals surface area contributed by atoms with Crippen LogP contribution in [-0.4, -0.2) is 13.4 Å². The highest BCUT2D eigenvalue weighted by Crippen LogP contribution is 2.40. The molecule has 0 spiro atoms. The lowest BCUT2D eigenvalue weighted by atomic mass is 9.38. The fourth-order valence-corrected chi connectivity index (χ4v) is 8.34. The predicted octanol–water partition coefficient (Wildman–Crippen LogP) is 5.58. The molecule has 0 atom stereocenters. The Labute approximate surface area is 245 Å². The van der Waals surface area contributed by atoms with Crippen molar-refractivity contribution in [2.75, 3.05) is 0 Å². The molecule has 2 heterocycles. The van der Waals surface area contributed by atoms with Gasteiger partial charge in [-0.15, -0.1) is 0 Å². The van der Waals surface area contributed by atoms with Crippen LogP contribution in [0.15, 0.2) is 146 Å². The van der Waals surface area contributed by atoms with Gasteiger partial charge in [-0.05, 0) is 66.7 Å². The van der Waals surface area contributed by atoms with E-state index in [9.17, 15) is 0 Å². The van der Waals surface area contributed by atoms with E-state index in [1.54, 1.807) is 0 Å². The smallest absolute Gasteiger partial charge is 0.0686 e. The molecule has 0 amide bonds. The second-order valence-electron chi connectivity index (χ2n) is 12.0. The molecule has 0 aliphatic carbocycles. The van der Waals surface area contributed by atoms with Gasteiger partial charge in [-0.3, -0.25) is 0 Å². The minimum Gasteiger partial charge on any atom is -0.0686 e. The molecule has 10 rings (SSSR count). The zero-order chi connectivity index (χ0) is 27.4. The highest BCUT2D eigenvalue weighted by molar-refractivity contribution is 7.01. The predicted molar refractivity (Wildman–Crippen MR) is 183 cm³/mol. The average molecular weight is 526 g/mol. The van der Waals surface area contributed by atoms with E-state index < -0.39 is 0 Å². The Morgan fingerprint density at radius 3 is 1.19 bits per heavy atom. The molecular formula is C40H24B2. The summed E-state index contributed by atoms with van der Waals surface area (Å²) >= 11 is 0. The average Bonchev–Trinajstić information content (AvgIpc) is 3.57. The minimum absolute atomic E-state index is 0.231. The summed E-state index contributed by atoms with van der Waals surface area (Å²) in [6.45, 7) is 0.461. The van der Waals surface area contributed by atoms with Crippen molar-refractivity contribution < 1.29 is 0 Å². The van der Waals surface area contributed by atoms with Crippen molar-refractivity contribution in [3.05, 3.63) is 146 Å². The standard InChI is InChI=1S/C40H24B2/c1-3-11-27(12-4-1)41-35-17-9-7-15-29(35)33-23-25-20-22-32-38-26(19-21-31(37(25)38)39(33)41)24-34-30-16-8-10-18-36(30)42(40(32)34)28-13-5-2-6-14-28/h1-24H. The number of fused-ring (bicyclic) bond motifs is 8. The lowest BCUT2D eigenvalue weighted by molar-refractivity contribution is 1.73. The quantitative estimate of drug-likeness (QED) is 0.204. The molecule has 0 fully saturated rings. The molecule has 8 aromatic rings. The number of rotatable bonds is 2. The summed E-state index contributed by atoms with van der Waals surface area (Å²) in [5, 5.41) is 8.25. The van der Waals surface area contributed by atoms with E-state index in [1.807, 2.05) is 0 Å². The molecule has 0 saturated heterocycles. The molecule has 0 nitrogen and oxygen atoms in total. The lowest BCUT2D eigenvalue weighted by Gasteiger charge is -2.20. The van der Waals surface area contributed by atoms with Crippen LogP contribution in [0.2, 0.25) is 0 Å². The van der Waals surface area contributed by atoms with E-state index in [1.165, 1.54) is 87.3 Å². The molecule has 0 saturated carbocycles. The SMILES string of the molecule is c1ccc(B2c3ccccc3-c3cc4ccc5c6c(cc7ccc(c32)c4c75)-c2ccccc2B6c2ccccc2)cc1. The summed E-state index contributed by atoms with van der Waals surface area (Å²) in [5.74, 6) is 0. The van der Waals surface area contributed by atoms with Gasteiger partial charge in [-0.2, -0.15) is 0 Å². The largest absolute Gasteiger partial charge is 0.243 e. The van der Waals surface area contributed by atoms with Crippen LogP contribution < -0.4 is 32.8 Å². The van der Waals surface area contributed by atoms with Gasteiger partial charge in [0.15, 0.2) is 0 Å². The van der Waals surface area contributed by atoms with Gasteiger partial charge in [-0.1, -0.05) is 166 Å². The maximum absolute atomic E-state index is 2.47. The van der Waals surface area contributed by atoms with Crippen molar-refractivity contribution in [2.24, 2.45) is 0 Å². The van der Waals surface area contributed by atoms with Crippen molar-refractivity contribution in [2.45, 2.75) is 0 Å². The third-order valence-electron chi connectivity index (χ3n) is 9.95. The second-order valence-corrected chi connectivity index (χ2v) is 12.0. The third kappa shape index (κ3) is 2.84. The summed E-state index contributed by atoms with van der Waals surface area (Å²) < 4.78 is 0. The molecule has 42 heavy (non-hydrogen) atoms. The van der Waals surface area contributed by atoms with Gasteiger partial charge in [0.2, 0.25) is 13.4 Å². The zero-order valence-corrected chi connectivity index (χ0v) is 23.0. The Bertz CT molecular complexity index is 2190. The third-order valence-corrected chi connectivity index (χ3v) is 9.95. The molecule has 0 bridgehead atoms. The summed E-state index contributed by atoms with van der Waals surface area (Å²) in [5.41, 5.74) is 13.9. The van der Waals surface area contributed by atoms with E-state index in [2.05, 4.69) is 146 Å². The van der Waals surface area contributed by atoms with Gasteiger partial charge in [0.1, 0.15) is 0 Å². The van der Waals surface area contributed by atoms with Crippen LogP contribution >= 0.6 is 0 Å². The Morgan fingerprint density at radius 1 is 0.333 bits per heavy atom. The van der Waals surface area contributed by atoms with Gasteiger partial charge in [0.05, 0.1) is 0 Å². The molecule has 2 heteroatoms. The summed E-state index contributed by atoms with van der Waals surface area (Å²) in [6, 6.07) is 54.7. The topological polar surface area (TPSA) is 0 Å². The summed E-state index contributed by atoms with van der Waals surface area (Å²) in [4.78, 5) is 0. The molecule has 2 aliphatic heterocycles. The Morgan fingerprint density at radius 2 is 0.738 bits per heavy atom. The first kappa shape index (κ1) is 22.6. The molecule has 2 aliphatic rings. The summed E-state index contributed by atoms with van der Waals surface area (Å²) in [7, 11) is 0. The highest BCUT2D eigenvalue weighted by atomic mass is 14.3. The van der Waals surface area contributed by atoms with Gasteiger partial charge in [0, 0.05) is 0 Å². The van der Waals surface area contributed by atoms with Crippen molar-refractivity contribution >= 4 is 78.5 Å². The molecule has 8 aromatic carbocycles. The summed E-state index contributed by atoms with van der Waals surface area (Å²) in [6.07, 6.45) is 0. The first-order valence-corrected chi connectivity index (χ1v) is 14.9. The fourth-order valence-electron chi connectivity index (χ4n) is 8.34. The molecule has 0 N–H and O–H groups in total. The van der Waals surface area contributed by atoms with Crippen LogP contribution in [0.5, 0.6) is 0 Å². The minimum atomic E-state index is 0.231. The van der Waals surface area contributed by atoms with E-state index in [0.29, 0.717) is 0 Å². The van der Waals surface area contributed by atoms with Gasteiger partial charge < -0.3 is 0 Å². The van der Waals surface area contributed by atoms with Crippen LogP contribution in [0, 0.1) is 0 Å². The van der Waals surface area contributed by atoms with Gasteiger partial charge in [0.25, 0.3) is 0 Å². The van der Waals surface area contributed by atoms with E-state index >= 15 is 0 Å². The zero-order valence-electron chi connectivity index (χ0n) is 23.0. The number of benzene rings is 8. The molecule has 190 valence electrons. The first-order valence-electron chi connectivity index (χ1n) is 14.9. The first-order chi connectivity index (χ1) is 20.9. The Balaban J connectivity index is 1.33. The maximum atomic E-state index is 2.47. The monoisotopic (exact) mass is 526 g/mol. The van der Waals surface area contributed by atoms with Gasteiger partial charge >= 0.3 is 0 Å². The van der Waals surface area contributed by atoms with Crippen LogP contribution in [0.4, 0.5) is 0 Å². The Hall–Kier alpha value is -5.07. The molecule has 0 unspecified atom stereocenters. The van der Waals surface area contributed by atoms with Crippen LogP contribution in [0.3, 0.4) is 0 Å². The highest BCUT2D eigenvalue weighted by Gasteiger charge is 2.38. The normalized spacial score (nSPS) is 13.1. The lowest BCUT2D eigenvalue weighted by Crippen LogP contribution is -2.49. The van der Waals surface area contributed by atoms with E-state index in [-0.39, 0.29) is 13.4 Å². The van der Waals surface area contributed by atoms with Crippen molar-refractivity contribution in [1.29, 1.82) is 0 Å². The second kappa shape index (κ2) is 8.24. The van der Waals surface area contributed by atoms with Crippen LogP contribution in [0.25, 0.3) is 54.6 Å². The molecule has 0 aromatic heterocycles. The fraction of sp³-hybridized carbons (Fsp3) is 0. The van der Waals surface area contributed by atoms with E-state index in [0.717, 1.165) is 0 Å². The maximum Gasteiger partial charge on any atom is 0.243 e. The van der Waals surface area contributed by atoms with Crippen LogP contribution in [-0.2, 0) is 0 Å². The Kier molecular flexibility index (Phi) is 4.43. The number of hydrogen-bond acceptors (Lipinski definition) is 0. The van der Waals surface area contributed by atoms with Gasteiger partial charge in [-0.25, -0.2) is 0 Å². The molecule has 0 radical (unpaired) electrons.